The van der Waals surface area contributed by atoms with Crippen LogP contribution in [-0.2, 0) is 25.4 Å². The van der Waals surface area contributed by atoms with E-state index in [1.165, 1.54) is 29.4 Å². The van der Waals surface area contributed by atoms with Crippen LogP contribution in [-0.4, -0.2) is 43.6 Å². The van der Waals surface area contributed by atoms with E-state index >= 15 is 0 Å². The zero-order valence-corrected chi connectivity index (χ0v) is 21.4. The molecule has 1 atom stereocenters. The van der Waals surface area contributed by atoms with Crippen molar-refractivity contribution in [2.24, 2.45) is 0 Å². The van der Waals surface area contributed by atoms with Crippen molar-refractivity contribution in [3.8, 4) is 11.1 Å². The predicted molar refractivity (Wildman–Crippen MR) is 143 cm³/mol. The maximum atomic E-state index is 12.8. The van der Waals surface area contributed by atoms with Crippen LogP contribution in [0.5, 0.6) is 0 Å². The minimum absolute atomic E-state index is 0.00246. The number of carbonyl (C=O) groups is 2. The average Bonchev–Trinajstić information content (AvgIpc) is 3.23. The van der Waals surface area contributed by atoms with E-state index in [0.29, 0.717) is 24.5 Å². The predicted octanol–water partition coefficient (Wildman–Crippen LogP) is 6.25. The summed E-state index contributed by atoms with van der Waals surface area (Å²) in [5.74, 6) is 0.933. The smallest absolute Gasteiger partial charge is 0.411 e. The van der Waals surface area contributed by atoms with Crippen LogP contribution in [0.15, 0.2) is 72.8 Å². The molecule has 36 heavy (non-hydrogen) atoms. The number of hydrogen-bond donors (Lipinski definition) is 1. The summed E-state index contributed by atoms with van der Waals surface area (Å²) in [7, 11) is 1.36. The van der Waals surface area contributed by atoms with Crippen LogP contribution in [0.3, 0.4) is 0 Å². The Hall–Kier alpha value is -3.29. The second-order valence-electron chi connectivity index (χ2n) is 8.44. The second-order valence-corrected chi connectivity index (χ2v) is 9.66. The number of hydrogen-bond acceptors (Lipinski definition) is 6. The van der Waals surface area contributed by atoms with E-state index in [2.05, 4.69) is 29.6 Å². The number of amides is 1. The zero-order valence-electron chi connectivity index (χ0n) is 20.6. The Morgan fingerprint density at radius 1 is 0.944 bits per heavy atom. The fourth-order valence-electron chi connectivity index (χ4n) is 4.51. The molecule has 1 amide bonds. The molecule has 0 aliphatic heterocycles. The highest BCUT2D eigenvalue weighted by Crippen LogP contribution is 2.44. The highest BCUT2D eigenvalue weighted by atomic mass is 32.2. The molecule has 0 fully saturated rings. The first-order chi connectivity index (χ1) is 17.6. The van der Waals surface area contributed by atoms with E-state index < -0.39 is 18.2 Å². The molecular weight excluding hydrogens is 474 g/mol. The number of methoxy groups -OCH3 is 1. The molecule has 0 aromatic heterocycles. The first kappa shape index (κ1) is 25.8. The van der Waals surface area contributed by atoms with Crippen molar-refractivity contribution in [1.29, 1.82) is 0 Å². The normalized spacial score (nSPS) is 12.9. The van der Waals surface area contributed by atoms with Crippen molar-refractivity contribution in [3.05, 3.63) is 89.5 Å². The molecule has 0 saturated carbocycles. The summed E-state index contributed by atoms with van der Waals surface area (Å²) in [6.07, 6.45) is -0.183. The number of rotatable bonds is 11. The van der Waals surface area contributed by atoms with Crippen LogP contribution in [0.1, 0.15) is 36.0 Å². The van der Waals surface area contributed by atoms with Gasteiger partial charge in [0, 0.05) is 11.6 Å². The zero-order chi connectivity index (χ0) is 25.3. The first-order valence-electron chi connectivity index (χ1n) is 12.1. The third kappa shape index (κ3) is 6.09. The summed E-state index contributed by atoms with van der Waals surface area (Å²) in [4.78, 5) is 24.9. The molecule has 0 bridgehead atoms. The molecule has 1 aliphatic rings. The Balaban J connectivity index is 1.38. The molecule has 188 valence electrons. The highest BCUT2D eigenvalue weighted by Gasteiger charge is 2.29. The fourth-order valence-corrected chi connectivity index (χ4v) is 4.93. The van der Waals surface area contributed by atoms with Crippen LogP contribution in [0.4, 0.5) is 10.5 Å². The molecule has 7 heteroatoms. The molecule has 4 rings (SSSR count). The van der Waals surface area contributed by atoms with Crippen LogP contribution >= 0.6 is 11.8 Å². The number of ether oxygens (including phenoxy) is 3. The number of esters is 1. The Morgan fingerprint density at radius 3 is 2.25 bits per heavy atom. The SMILES string of the molecule is CCSCO[C@H](CCc1ccccc1NC(=O)OCC1c2ccccc2-c2ccccc21)C(=O)OC. The van der Waals surface area contributed by atoms with Gasteiger partial charge in [0.05, 0.1) is 13.0 Å². The molecule has 0 heterocycles. The van der Waals surface area contributed by atoms with E-state index in [4.69, 9.17) is 14.2 Å². The first-order valence-corrected chi connectivity index (χ1v) is 13.2. The van der Waals surface area contributed by atoms with Crippen LogP contribution in [0.25, 0.3) is 11.1 Å². The third-order valence-electron chi connectivity index (χ3n) is 6.29. The Morgan fingerprint density at radius 2 is 1.58 bits per heavy atom. The fraction of sp³-hybridized carbons (Fsp3) is 0.310. The van der Waals surface area contributed by atoms with Crippen molar-refractivity contribution in [3.63, 3.8) is 0 Å². The molecule has 3 aromatic rings. The van der Waals surface area contributed by atoms with Crippen LogP contribution < -0.4 is 5.32 Å². The summed E-state index contributed by atoms with van der Waals surface area (Å²) in [6, 6.07) is 24.0. The molecule has 0 unspecified atom stereocenters. The van der Waals surface area contributed by atoms with Gasteiger partial charge >= 0.3 is 12.1 Å². The quantitative estimate of drug-likeness (QED) is 0.189. The van der Waals surface area contributed by atoms with Crippen LogP contribution in [0.2, 0.25) is 0 Å². The standard InChI is InChI=1S/C29H31NO5S/c1-3-36-19-35-27(28(31)33-2)17-16-20-10-4-9-15-26(20)30-29(32)34-18-25-23-13-7-5-11-21(23)22-12-6-8-14-24(22)25/h4-15,25,27H,3,16-19H2,1-2H3,(H,30,32)/t27-/m1/s1. The van der Waals surface area contributed by atoms with Gasteiger partial charge < -0.3 is 14.2 Å². The van der Waals surface area contributed by atoms with Gasteiger partial charge in [-0.2, -0.15) is 0 Å². The van der Waals surface area contributed by atoms with E-state index in [1.54, 1.807) is 11.8 Å². The highest BCUT2D eigenvalue weighted by molar-refractivity contribution is 7.99. The lowest BCUT2D eigenvalue weighted by Crippen LogP contribution is -2.26. The van der Waals surface area contributed by atoms with Gasteiger partial charge in [-0.1, -0.05) is 73.7 Å². The van der Waals surface area contributed by atoms with Crippen LogP contribution in [0, 0.1) is 0 Å². The Labute approximate surface area is 216 Å². The summed E-state index contributed by atoms with van der Waals surface area (Å²) < 4.78 is 16.3. The average molecular weight is 506 g/mol. The molecule has 3 aromatic carbocycles. The number of aryl methyl sites for hydroxylation is 1. The number of fused-ring (bicyclic) bond motifs is 3. The molecule has 6 nitrogen and oxygen atoms in total. The number of para-hydroxylation sites is 1. The Bertz CT molecular complexity index is 1150. The summed E-state index contributed by atoms with van der Waals surface area (Å²) >= 11 is 1.60. The summed E-state index contributed by atoms with van der Waals surface area (Å²) in [6.45, 7) is 2.28. The molecule has 0 radical (unpaired) electrons. The van der Waals surface area contributed by atoms with Gasteiger partial charge in [-0.3, -0.25) is 5.32 Å². The van der Waals surface area contributed by atoms with Gasteiger partial charge in [-0.05, 0) is 52.5 Å². The Kier molecular flexibility index (Phi) is 9.03. The second kappa shape index (κ2) is 12.6. The van der Waals surface area contributed by atoms with Gasteiger partial charge in [-0.15, -0.1) is 11.8 Å². The van der Waals surface area contributed by atoms with E-state index in [1.807, 2.05) is 55.5 Å². The number of thioether (sulfide) groups is 1. The molecule has 0 saturated heterocycles. The van der Waals surface area contributed by atoms with Crippen molar-refractivity contribution in [1.82, 2.24) is 0 Å². The topological polar surface area (TPSA) is 73.9 Å². The van der Waals surface area contributed by atoms with Gasteiger partial charge in [0.2, 0.25) is 0 Å². The lowest BCUT2D eigenvalue weighted by molar-refractivity contribution is -0.153. The molecule has 0 spiro atoms. The largest absolute Gasteiger partial charge is 0.467 e. The van der Waals surface area contributed by atoms with Gasteiger partial charge in [0.1, 0.15) is 6.61 Å². The van der Waals surface area contributed by atoms with Crippen molar-refractivity contribution < 1.29 is 23.8 Å². The van der Waals surface area contributed by atoms with Crippen molar-refractivity contribution >= 4 is 29.5 Å². The molecule has 1 N–H and O–H groups in total. The maximum absolute atomic E-state index is 12.8. The number of carbonyl (C=O) groups excluding carboxylic acids is 2. The van der Waals surface area contributed by atoms with Gasteiger partial charge in [0.25, 0.3) is 0 Å². The minimum atomic E-state index is -0.656. The van der Waals surface area contributed by atoms with Crippen molar-refractivity contribution in [2.45, 2.75) is 31.8 Å². The monoisotopic (exact) mass is 505 g/mol. The maximum Gasteiger partial charge on any atom is 0.411 e. The lowest BCUT2D eigenvalue weighted by atomic mass is 9.98. The van der Waals surface area contributed by atoms with E-state index in [-0.39, 0.29) is 12.5 Å². The number of benzene rings is 3. The molecule has 1 aliphatic carbocycles. The van der Waals surface area contributed by atoms with Crippen molar-refractivity contribution in [2.75, 3.05) is 30.7 Å². The lowest BCUT2D eigenvalue weighted by Gasteiger charge is -2.17. The summed E-state index contributed by atoms with van der Waals surface area (Å²) in [5.41, 5.74) is 6.26. The molecular formula is C29H31NO5S. The minimum Gasteiger partial charge on any atom is -0.467 e. The third-order valence-corrected chi connectivity index (χ3v) is 7.01. The van der Waals surface area contributed by atoms with E-state index in [0.717, 1.165) is 11.3 Å². The van der Waals surface area contributed by atoms with E-state index in [9.17, 15) is 9.59 Å². The number of nitrogens with one attached hydrogen (secondary N) is 1. The number of anilines is 1. The van der Waals surface area contributed by atoms with Gasteiger partial charge in [-0.25, -0.2) is 9.59 Å². The summed E-state index contributed by atoms with van der Waals surface area (Å²) in [5, 5.41) is 2.88. The van der Waals surface area contributed by atoms with Gasteiger partial charge in [0.15, 0.2) is 6.10 Å².